The summed E-state index contributed by atoms with van der Waals surface area (Å²) in [6.07, 6.45) is 10.6. The van der Waals surface area contributed by atoms with Gasteiger partial charge >= 0.3 is 0 Å². The van der Waals surface area contributed by atoms with Crippen molar-refractivity contribution in [2.75, 3.05) is 6.54 Å². The van der Waals surface area contributed by atoms with Crippen LogP contribution in [-0.2, 0) is 0 Å². The second-order valence-electron chi connectivity index (χ2n) is 5.90. The van der Waals surface area contributed by atoms with Crippen molar-refractivity contribution in [3.05, 3.63) is 59.7 Å². The number of nitrogens with one attached hydrogen (secondary N) is 1. The molecule has 0 aliphatic carbocycles. The first kappa shape index (κ1) is 14.5. The van der Waals surface area contributed by atoms with Crippen LogP contribution in [0.5, 0.6) is 0 Å². The molecule has 0 spiro atoms. The van der Waals surface area contributed by atoms with Gasteiger partial charge in [0.25, 0.3) is 5.91 Å². The number of amides is 1. The number of imidazole rings is 1. The minimum absolute atomic E-state index is 0.00429. The molecule has 118 valence electrons. The topological polar surface area (TPSA) is 61.9 Å². The van der Waals surface area contributed by atoms with Crippen molar-refractivity contribution in [2.45, 2.75) is 18.9 Å². The summed E-state index contributed by atoms with van der Waals surface area (Å²) in [5.74, 6) is 3.44. The largest absolute Gasteiger partial charge is 0.340 e. The van der Waals surface area contributed by atoms with E-state index in [0.29, 0.717) is 5.56 Å². The van der Waals surface area contributed by atoms with E-state index in [2.05, 4.69) is 20.9 Å². The van der Waals surface area contributed by atoms with Crippen LogP contribution in [0.2, 0.25) is 0 Å². The molecule has 1 aliphatic heterocycles. The number of aromatic nitrogens is 3. The van der Waals surface area contributed by atoms with Gasteiger partial charge in [-0.2, -0.15) is 0 Å². The van der Waals surface area contributed by atoms with Gasteiger partial charge in [-0.15, -0.1) is 6.42 Å². The highest BCUT2D eigenvalue weighted by Crippen LogP contribution is 2.32. The van der Waals surface area contributed by atoms with Crippen molar-refractivity contribution in [3.8, 4) is 12.3 Å². The number of pyridine rings is 1. The first-order valence-corrected chi connectivity index (χ1v) is 7.93. The zero-order valence-corrected chi connectivity index (χ0v) is 13.1. The lowest BCUT2D eigenvalue weighted by Crippen LogP contribution is -2.31. The lowest BCUT2D eigenvalue weighted by molar-refractivity contribution is 0.0730. The van der Waals surface area contributed by atoms with Gasteiger partial charge in [-0.3, -0.25) is 9.78 Å². The third kappa shape index (κ3) is 2.42. The number of terminal acetylenes is 1. The number of hydrogen-bond donors (Lipinski definition) is 1. The summed E-state index contributed by atoms with van der Waals surface area (Å²) in [4.78, 5) is 26.7. The molecule has 3 heterocycles. The molecule has 1 atom stereocenters. The quantitative estimate of drug-likeness (QED) is 0.739. The third-order valence-electron chi connectivity index (χ3n) is 4.40. The van der Waals surface area contributed by atoms with Crippen molar-refractivity contribution >= 4 is 16.9 Å². The van der Waals surface area contributed by atoms with E-state index < -0.39 is 0 Å². The van der Waals surface area contributed by atoms with Crippen LogP contribution in [-0.4, -0.2) is 32.3 Å². The lowest BCUT2D eigenvalue weighted by Gasteiger charge is -2.23. The van der Waals surface area contributed by atoms with Gasteiger partial charge < -0.3 is 9.88 Å². The Kier molecular flexibility index (Phi) is 3.51. The predicted octanol–water partition coefficient (Wildman–Crippen LogP) is 2.92. The summed E-state index contributed by atoms with van der Waals surface area (Å²) in [6.45, 7) is 0.727. The second kappa shape index (κ2) is 5.82. The van der Waals surface area contributed by atoms with Crippen molar-refractivity contribution in [1.82, 2.24) is 19.9 Å². The Bertz CT molecular complexity index is 939. The van der Waals surface area contributed by atoms with Gasteiger partial charge in [-0.25, -0.2) is 4.98 Å². The first-order chi connectivity index (χ1) is 11.8. The lowest BCUT2D eigenvalue weighted by atomic mass is 10.2. The number of carbonyl (C=O) groups is 1. The summed E-state index contributed by atoms with van der Waals surface area (Å²) < 4.78 is 0. The number of aromatic amines is 1. The number of nitrogens with zero attached hydrogens (tertiary/aromatic N) is 3. The van der Waals surface area contributed by atoms with Gasteiger partial charge in [-0.05, 0) is 43.2 Å². The molecule has 5 nitrogen and oxygen atoms in total. The van der Waals surface area contributed by atoms with Gasteiger partial charge in [0.15, 0.2) is 0 Å². The zero-order chi connectivity index (χ0) is 16.5. The average Bonchev–Trinajstić information content (AvgIpc) is 3.27. The van der Waals surface area contributed by atoms with Gasteiger partial charge in [-0.1, -0.05) is 5.92 Å². The normalized spacial score (nSPS) is 17.1. The molecule has 1 aliphatic rings. The van der Waals surface area contributed by atoms with Crippen LogP contribution < -0.4 is 0 Å². The number of carbonyl (C=O) groups excluding carboxylic acids is 1. The maximum atomic E-state index is 12.8. The smallest absolute Gasteiger partial charge is 0.256 e. The van der Waals surface area contributed by atoms with Crippen molar-refractivity contribution in [1.29, 1.82) is 0 Å². The minimum atomic E-state index is -0.0422. The van der Waals surface area contributed by atoms with E-state index in [-0.39, 0.29) is 11.9 Å². The number of likely N-dealkylation sites (tertiary alicyclic amines) is 1. The molecule has 1 aromatic carbocycles. The Morgan fingerprint density at radius 1 is 1.38 bits per heavy atom. The van der Waals surface area contributed by atoms with Crippen LogP contribution in [0.1, 0.15) is 40.6 Å². The van der Waals surface area contributed by atoms with E-state index in [4.69, 9.17) is 6.42 Å². The fourth-order valence-corrected chi connectivity index (χ4v) is 3.23. The predicted molar refractivity (Wildman–Crippen MR) is 91.3 cm³/mol. The van der Waals surface area contributed by atoms with Crippen LogP contribution in [0.3, 0.4) is 0 Å². The molecule has 3 aromatic rings. The number of H-pyrrole nitrogens is 1. The van der Waals surface area contributed by atoms with E-state index in [1.807, 2.05) is 23.1 Å². The third-order valence-corrected chi connectivity index (χ3v) is 4.40. The highest BCUT2D eigenvalue weighted by Gasteiger charge is 2.32. The highest BCUT2D eigenvalue weighted by atomic mass is 16.2. The molecular weight excluding hydrogens is 300 g/mol. The van der Waals surface area contributed by atoms with Crippen molar-refractivity contribution in [2.24, 2.45) is 0 Å². The first-order valence-electron chi connectivity index (χ1n) is 7.93. The Balaban J connectivity index is 1.68. The maximum Gasteiger partial charge on any atom is 0.256 e. The van der Waals surface area contributed by atoms with E-state index in [9.17, 15) is 4.79 Å². The van der Waals surface area contributed by atoms with Crippen LogP contribution in [0, 0.1) is 12.3 Å². The molecule has 1 saturated heterocycles. The summed E-state index contributed by atoms with van der Waals surface area (Å²) >= 11 is 0. The molecule has 0 unspecified atom stereocenters. The number of fused-ring (bicyclic) bond motifs is 1. The van der Waals surface area contributed by atoms with Gasteiger partial charge in [0.1, 0.15) is 5.82 Å². The van der Waals surface area contributed by atoms with E-state index in [1.54, 1.807) is 24.5 Å². The molecule has 4 rings (SSSR count). The van der Waals surface area contributed by atoms with Crippen molar-refractivity contribution < 1.29 is 4.79 Å². The molecule has 1 N–H and O–H groups in total. The molecule has 0 bridgehead atoms. The Morgan fingerprint density at radius 3 is 3.08 bits per heavy atom. The molecule has 24 heavy (non-hydrogen) atoms. The summed E-state index contributed by atoms with van der Waals surface area (Å²) in [5.41, 5.74) is 3.19. The SMILES string of the molecule is C#Cc1ccc2nc([C@@H]3CCCN3C(=O)c3cccnc3)[nH]c2c1. The van der Waals surface area contributed by atoms with Gasteiger partial charge in [0, 0.05) is 24.5 Å². The van der Waals surface area contributed by atoms with E-state index in [1.165, 1.54) is 0 Å². The zero-order valence-electron chi connectivity index (χ0n) is 13.1. The second-order valence-corrected chi connectivity index (χ2v) is 5.90. The molecule has 1 amide bonds. The number of benzene rings is 1. The number of rotatable bonds is 2. The maximum absolute atomic E-state index is 12.8. The van der Waals surface area contributed by atoms with E-state index >= 15 is 0 Å². The van der Waals surface area contributed by atoms with Crippen molar-refractivity contribution in [3.63, 3.8) is 0 Å². The fourth-order valence-electron chi connectivity index (χ4n) is 3.23. The molecule has 0 radical (unpaired) electrons. The van der Waals surface area contributed by atoms with Crippen LogP contribution in [0.4, 0.5) is 0 Å². The molecule has 1 fully saturated rings. The van der Waals surface area contributed by atoms with Gasteiger partial charge in [0.05, 0.1) is 22.6 Å². The summed E-state index contributed by atoms with van der Waals surface area (Å²) in [7, 11) is 0. The monoisotopic (exact) mass is 316 g/mol. The molecular formula is C19H16N4O. The molecule has 2 aromatic heterocycles. The van der Waals surface area contributed by atoms with E-state index in [0.717, 1.165) is 41.8 Å². The van der Waals surface area contributed by atoms with Gasteiger partial charge in [0.2, 0.25) is 0 Å². The van der Waals surface area contributed by atoms with Crippen LogP contribution >= 0.6 is 0 Å². The Labute approximate surface area is 139 Å². The van der Waals surface area contributed by atoms with Crippen LogP contribution in [0.15, 0.2) is 42.7 Å². The average molecular weight is 316 g/mol. The minimum Gasteiger partial charge on any atom is -0.340 e. The standard InChI is InChI=1S/C19H16N4O/c1-2-13-7-8-15-16(11-13)22-18(21-15)17-6-4-10-23(17)19(24)14-5-3-9-20-12-14/h1,3,5,7-9,11-12,17H,4,6,10H2,(H,21,22)/t17-/m0/s1. The van der Waals surface area contributed by atoms with Crippen LogP contribution in [0.25, 0.3) is 11.0 Å². The molecule has 5 heteroatoms. The number of hydrogen-bond acceptors (Lipinski definition) is 3. The fraction of sp³-hybridized carbons (Fsp3) is 0.211. The highest BCUT2D eigenvalue weighted by molar-refractivity contribution is 5.94. The Morgan fingerprint density at radius 2 is 2.29 bits per heavy atom. The summed E-state index contributed by atoms with van der Waals surface area (Å²) in [5, 5.41) is 0. The molecule has 0 saturated carbocycles. The summed E-state index contributed by atoms with van der Waals surface area (Å²) in [6, 6.07) is 9.23. The Hall–Kier alpha value is -3.13.